The topological polar surface area (TPSA) is 89.9 Å². The molecule has 0 heterocycles. The Labute approximate surface area is 107 Å². The van der Waals surface area contributed by atoms with Gasteiger partial charge in [-0.15, -0.1) is 0 Å². The molecular formula is C11H21O6P. The van der Waals surface area contributed by atoms with E-state index in [9.17, 15) is 14.2 Å². The molecule has 0 aromatic carbocycles. The second-order valence-electron chi connectivity index (χ2n) is 3.74. The maximum Gasteiger partial charge on any atom is 0.338 e. The van der Waals surface area contributed by atoms with Crippen LogP contribution in [0.15, 0.2) is 0 Å². The van der Waals surface area contributed by atoms with Crippen molar-refractivity contribution in [3.8, 4) is 0 Å². The number of hydrogen-bond donors (Lipinski definition) is 1. The SMILES string of the molecule is CCOP(=O)(CC(=O)CCCCC(=O)O)OCC. The van der Waals surface area contributed by atoms with Crippen LogP contribution in [0, 0.1) is 0 Å². The van der Waals surface area contributed by atoms with Crippen LogP contribution in [0.5, 0.6) is 0 Å². The molecule has 0 saturated carbocycles. The Balaban J connectivity index is 4.02. The number of carboxylic acids is 1. The van der Waals surface area contributed by atoms with Gasteiger partial charge in [-0.25, -0.2) is 0 Å². The van der Waals surface area contributed by atoms with Gasteiger partial charge >= 0.3 is 13.6 Å². The molecule has 0 fully saturated rings. The molecule has 7 heteroatoms. The van der Waals surface area contributed by atoms with Gasteiger partial charge in [-0.3, -0.25) is 14.2 Å². The summed E-state index contributed by atoms with van der Waals surface area (Å²) in [7, 11) is -3.31. The van der Waals surface area contributed by atoms with Crippen LogP contribution in [0.2, 0.25) is 0 Å². The zero-order valence-electron chi connectivity index (χ0n) is 10.9. The Morgan fingerprint density at radius 1 is 1.06 bits per heavy atom. The molecule has 0 amide bonds. The number of ketones is 1. The molecule has 0 aliphatic rings. The predicted octanol–water partition coefficient (Wildman–Crippen LogP) is 2.47. The second-order valence-corrected chi connectivity index (χ2v) is 5.80. The summed E-state index contributed by atoms with van der Waals surface area (Å²) in [6.07, 6.45) is 0.930. The molecule has 0 saturated heterocycles. The molecule has 0 atom stereocenters. The van der Waals surface area contributed by atoms with Gasteiger partial charge in [0.15, 0.2) is 0 Å². The summed E-state index contributed by atoms with van der Waals surface area (Å²) in [6, 6.07) is 0. The maximum atomic E-state index is 12.0. The van der Waals surface area contributed by atoms with Crippen LogP contribution in [-0.4, -0.2) is 36.2 Å². The summed E-state index contributed by atoms with van der Waals surface area (Å²) in [5.41, 5.74) is 0. The zero-order chi connectivity index (χ0) is 14.0. The first kappa shape index (κ1) is 17.3. The Morgan fingerprint density at radius 3 is 2.00 bits per heavy atom. The Kier molecular flexibility index (Phi) is 8.89. The highest BCUT2D eigenvalue weighted by molar-refractivity contribution is 7.54. The van der Waals surface area contributed by atoms with Gasteiger partial charge in [-0.05, 0) is 26.7 Å². The van der Waals surface area contributed by atoms with Crippen LogP contribution in [-0.2, 0) is 23.2 Å². The van der Waals surface area contributed by atoms with Gasteiger partial charge in [0, 0.05) is 12.8 Å². The molecule has 0 radical (unpaired) electrons. The van der Waals surface area contributed by atoms with E-state index in [1.54, 1.807) is 13.8 Å². The molecule has 6 nitrogen and oxygen atoms in total. The van der Waals surface area contributed by atoms with Crippen molar-refractivity contribution in [2.45, 2.75) is 39.5 Å². The minimum absolute atomic E-state index is 0.0435. The average Bonchev–Trinajstić information content (AvgIpc) is 2.24. The molecule has 0 aromatic heterocycles. The normalized spacial score (nSPS) is 11.4. The first-order valence-corrected chi connectivity index (χ1v) is 7.78. The minimum atomic E-state index is -3.31. The monoisotopic (exact) mass is 280 g/mol. The fourth-order valence-corrected chi connectivity index (χ4v) is 3.05. The van der Waals surface area contributed by atoms with Crippen LogP contribution in [0.4, 0.5) is 0 Å². The fraction of sp³-hybridized carbons (Fsp3) is 0.818. The van der Waals surface area contributed by atoms with Gasteiger partial charge < -0.3 is 14.2 Å². The summed E-state index contributed by atoms with van der Waals surface area (Å²) in [4.78, 5) is 21.8. The van der Waals surface area contributed by atoms with Gasteiger partial charge in [0.25, 0.3) is 0 Å². The lowest BCUT2D eigenvalue weighted by molar-refractivity contribution is -0.137. The Hall–Kier alpha value is -0.710. The molecule has 0 unspecified atom stereocenters. The number of hydrogen-bond acceptors (Lipinski definition) is 5. The summed E-state index contributed by atoms with van der Waals surface area (Å²) in [6.45, 7) is 3.82. The first-order chi connectivity index (χ1) is 8.43. The maximum absolute atomic E-state index is 12.0. The number of unbranched alkanes of at least 4 members (excludes halogenated alkanes) is 1. The van der Waals surface area contributed by atoms with Crippen LogP contribution in [0.3, 0.4) is 0 Å². The van der Waals surface area contributed by atoms with Gasteiger partial charge in [0.05, 0.1) is 13.2 Å². The predicted molar refractivity (Wildman–Crippen MR) is 66.8 cm³/mol. The summed E-state index contributed by atoms with van der Waals surface area (Å²) >= 11 is 0. The molecule has 0 aromatic rings. The summed E-state index contributed by atoms with van der Waals surface area (Å²) in [5.74, 6) is -1.10. The largest absolute Gasteiger partial charge is 0.481 e. The van der Waals surface area contributed by atoms with Crippen molar-refractivity contribution >= 4 is 19.3 Å². The number of carbonyl (C=O) groups is 2. The van der Waals surface area contributed by atoms with Gasteiger partial charge in [0.1, 0.15) is 11.9 Å². The molecule has 106 valence electrons. The van der Waals surface area contributed by atoms with E-state index in [0.29, 0.717) is 12.8 Å². The molecule has 0 aliphatic heterocycles. The van der Waals surface area contributed by atoms with E-state index >= 15 is 0 Å². The second kappa shape index (κ2) is 9.25. The van der Waals surface area contributed by atoms with Crippen molar-refractivity contribution in [2.24, 2.45) is 0 Å². The molecular weight excluding hydrogens is 259 g/mol. The van der Waals surface area contributed by atoms with E-state index in [4.69, 9.17) is 14.2 Å². The smallest absolute Gasteiger partial charge is 0.338 e. The van der Waals surface area contributed by atoms with E-state index in [0.717, 1.165) is 0 Å². The quantitative estimate of drug-likeness (QED) is 0.462. The van der Waals surface area contributed by atoms with E-state index < -0.39 is 13.6 Å². The van der Waals surface area contributed by atoms with Crippen molar-refractivity contribution in [1.29, 1.82) is 0 Å². The number of carbonyl (C=O) groups excluding carboxylic acids is 1. The van der Waals surface area contributed by atoms with Crippen molar-refractivity contribution in [2.75, 3.05) is 19.4 Å². The number of carboxylic acid groups (broad SMARTS) is 1. The van der Waals surface area contributed by atoms with Crippen LogP contribution in [0.25, 0.3) is 0 Å². The van der Waals surface area contributed by atoms with Crippen molar-refractivity contribution in [1.82, 2.24) is 0 Å². The van der Waals surface area contributed by atoms with Crippen LogP contribution in [0.1, 0.15) is 39.5 Å². The molecule has 1 N–H and O–H groups in total. The summed E-state index contributed by atoms with van der Waals surface area (Å²) < 4.78 is 22.0. The number of rotatable bonds is 11. The third kappa shape index (κ3) is 8.39. The molecule has 0 bridgehead atoms. The summed E-state index contributed by atoms with van der Waals surface area (Å²) in [5, 5.41) is 8.44. The van der Waals surface area contributed by atoms with Crippen molar-refractivity contribution in [3.63, 3.8) is 0 Å². The van der Waals surface area contributed by atoms with Gasteiger partial charge in [-0.1, -0.05) is 0 Å². The first-order valence-electron chi connectivity index (χ1n) is 6.05. The molecule has 0 spiro atoms. The van der Waals surface area contributed by atoms with E-state index in [1.807, 2.05) is 0 Å². The van der Waals surface area contributed by atoms with E-state index in [-0.39, 0.29) is 38.0 Å². The Bertz CT molecular complexity index is 305. The number of aliphatic carboxylic acids is 1. The van der Waals surface area contributed by atoms with Gasteiger partial charge in [0.2, 0.25) is 0 Å². The lowest BCUT2D eigenvalue weighted by Crippen LogP contribution is -2.10. The number of Topliss-reactive ketones (excluding diaryl/α,β-unsaturated/α-hetero) is 1. The average molecular weight is 280 g/mol. The van der Waals surface area contributed by atoms with E-state index in [1.165, 1.54) is 0 Å². The highest BCUT2D eigenvalue weighted by Gasteiger charge is 2.26. The van der Waals surface area contributed by atoms with Crippen molar-refractivity contribution < 1.29 is 28.3 Å². The fourth-order valence-electron chi connectivity index (χ4n) is 1.42. The van der Waals surface area contributed by atoms with Crippen molar-refractivity contribution in [3.05, 3.63) is 0 Å². The minimum Gasteiger partial charge on any atom is -0.481 e. The van der Waals surface area contributed by atoms with E-state index in [2.05, 4.69) is 0 Å². The lowest BCUT2D eigenvalue weighted by atomic mass is 10.1. The molecule has 18 heavy (non-hydrogen) atoms. The highest BCUT2D eigenvalue weighted by atomic mass is 31.2. The molecule has 0 aliphatic carbocycles. The highest BCUT2D eigenvalue weighted by Crippen LogP contribution is 2.48. The third-order valence-electron chi connectivity index (χ3n) is 2.12. The standard InChI is InChI=1S/C11H21O6P/c1-3-16-18(15,17-4-2)9-10(12)7-5-6-8-11(13)14/h3-9H2,1-2H3,(H,13,14). The lowest BCUT2D eigenvalue weighted by Gasteiger charge is -2.15. The van der Waals surface area contributed by atoms with Crippen LogP contribution >= 0.6 is 7.60 Å². The van der Waals surface area contributed by atoms with Crippen LogP contribution < -0.4 is 0 Å². The van der Waals surface area contributed by atoms with Gasteiger partial charge in [-0.2, -0.15) is 0 Å². The Morgan fingerprint density at radius 2 is 1.56 bits per heavy atom. The zero-order valence-corrected chi connectivity index (χ0v) is 11.8. The third-order valence-corrected chi connectivity index (χ3v) is 4.16. The molecule has 0 rings (SSSR count).